The third kappa shape index (κ3) is 4.76. The van der Waals surface area contributed by atoms with Gasteiger partial charge >= 0.3 is 6.09 Å². The molecule has 27 heavy (non-hydrogen) atoms. The molecule has 0 radical (unpaired) electrons. The maximum atomic E-state index is 12.0. The molecule has 0 aliphatic heterocycles. The van der Waals surface area contributed by atoms with Gasteiger partial charge in [0.1, 0.15) is 12.0 Å². The molecule has 0 saturated carbocycles. The van der Waals surface area contributed by atoms with E-state index < -0.39 is 6.09 Å². The first kappa shape index (κ1) is 18.7. The summed E-state index contributed by atoms with van der Waals surface area (Å²) in [5.41, 5.74) is 0.314. The van der Waals surface area contributed by atoms with Gasteiger partial charge in [-0.25, -0.2) is 14.8 Å². The van der Waals surface area contributed by atoms with Gasteiger partial charge in [-0.2, -0.15) is 0 Å². The minimum atomic E-state index is -0.597. The van der Waals surface area contributed by atoms with Crippen molar-refractivity contribution in [2.24, 2.45) is 0 Å². The van der Waals surface area contributed by atoms with Crippen LogP contribution in [-0.2, 0) is 4.74 Å². The standard InChI is InChI=1S/C18H18N4O4S/c1-11(2)26-18(24)20-15-8-13(10-25-15)27-14-9-19-17(21-16(14)12(3)23)22-6-4-5-7-22/h4-11H,1-3H3,(H,20,24). The number of nitrogens with one attached hydrogen (secondary N) is 1. The molecule has 0 atom stereocenters. The number of Topliss-reactive ketones (excluding diaryl/α,β-unsaturated/α-hetero) is 1. The Hall–Kier alpha value is -3.07. The molecule has 0 aliphatic rings. The summed E-state index contributed by atoms with van der Waals surface area (Å²) < 4.78 is 12.0. The summed E-state index contributed by atoms with van der Waals surface area (Å²) in [5.74, 6) is 0.494. The van der Waals surface area contributed by atoms with E-state index in [9.17, 15) is 9.59 Å². The van der Waals surface area contributed by atoms with Crippen molar-refractivity contribution in [2.45, 2.75) is 36.7 Å². The first-order chi connectivity index (χ1) is 12.9. The van der Waals surface area contributed by atoms with Crippen LogP contribution in [0.25, 0.3) is 5.95 Å². The van der Waals surface area contributed by atoms with Gasteiger partial charge < -0.3 is 9.15 Å². The fourth-order valence-electron chi connectivity index (χ4n) is 2.19. The second-order valence-electron chi connectivity index (χ2n) is 5.86. The third-order valence-electron chi connectivity index (χ3n) is 3.28. The van der Waals surface area contributed by atoms with Gasteiger partial charge in [0.25, 0.3) is 0 Å². The lowest BCUT2D eigenvalue weighted by atomic mass is 10.3. The highest BCUT2D eigenvalue weighted by molar-refractivity contribution is 7.99. The molecular weight excluding hydrogens is 368 g/mol. The number of nitrogens with zero attached hydrogens (tertiary/aromatic N) is 3. The number of ether oxygens (including phenoxy) is 1. The van der Waals surface area contributed by atoms with Crippen LogP contribution in [0.2, 0.25) is 0 Å². The molecule has 0 saturated heterocycles. The highest BCUT2D eigenvalue weighted by Gasteiger charge is 2.16. The quantitative estimate of drug-likeness (QED) is 0.635. The number of hydrogen-bond acceptors (Lipinski definition) is 7. The van der Waals surface area contributed by atoms with Crippen LogP contribution in [0.1, 0.15) is 31.3 Å². The Bertz CT molecular complexity index is 950. The summed E-state index contributed by atoms with van der Waals surface area (Å²) in [4.78, 5) is 33.6. The maximum absolute atomic E-state index is 12.0. The second kappa shape index (κ2) is 8.09. The van der Waals surface area contributed by atoms with Gasteiger partial charge in [0.2, 0.25) is 11.8 Å². The van der Waals surface area contributed by atoms with Gasteiger partial charge in [-0.15, -0.1) is 0 Å². The molecule has 1 N–H and O–H groups in total. The number of rotatable bonds is 6. The van der Waals surface area contributed by atoms with Crippen molar-refractivity contribution < 1.29 is 18.7 Å². The maximum Gasteiger partial charge on any atom is 0.414 e. The van der Waals surface area contributed by atoms with Crippen molar-refractivity contribution in [2.75, 3.05) is 5.32 Å². The van der Waals surface area contributed by atoms with Crippen LogP contribution in [0.4, 0.5) is 10.7 Å². The van der Waals surface area contributed by atoms with Gasteiger partial charge in [0.15, 0.2) is 5.78 Å². The molecule has 9 heteroatoms. The lowest BCUT2D eigenvalue weighted by Crippen LogP contribution is -2.17. The summed E-state index contributed by atoms with van der Waals surface area (Å²) in [7, 11) is 0. The minimum absolute atomic E-state index is 0.171. The minimum Gasteiger partial charge on any atom is -0.447 e. The first-order valence-corrected chi connectivity index (χ1v) is 8.99. The van der Waals surface area contributed by atoms with E-state index in [1.165, 1.54) is 24.9 Å². The SMILES string of the molecule is CC(=O)c1nc(-n2cccc2)ncc1Sc1coc(NC(=O)OC(C)C)c1. The van der Waals surface area contributed by atoms with Gasteiger partial charge in [0, 0.05) is 31.6 Å². The van der Waals surface area contributed by atoms with Crippen LogP contribution in [0.15, 0.2) is 57.3 Å². The molecule has 3 aromatic rings. The number of carbonyl (C=O) groups is 2. The zero-order valence-corrected chi connectivity index (χ0v) is 15.8. The summed E-state index contributed by atoms with van der Waals surface area (Å²) in [5, 5.41) is 2.50. The van der Waals surface area contributed by atoms with E-state index in [1.807, 2.05) is 12.1 Å². The van der Waals surface area contributed by atoms with Crippen molar-refractivity contribution in [1.29, 1.82) is 0 Å². The number of furan rings is 1. The molecule has 0 bridgehead atoms. The molecular formula is C18H18N4O4S. The average molecular weight is 386 g/mol. The van der Waals surface area contributed by atoms with E-state index in [0.717, 1.165) is 0 Å². The van der Waals surface area contributed by atoms with E-state index in [0.29, 0.717) is 21.4 Å². The van der Waals surface area contributed by atoms with E-state index in [1.54, 1.807) is 43.1 Å². The number of aromatic nitrogens is 3. The van der Waals surface area contributed by atoms with Crippen LogP contribution in [-0.4, -0.2) is 32.5 Å². The molecule has 3 heterocycles. The van der Waals surface area contributed by atoms with Crippen LogP contribution >= 0.6 is 11.8 Å². The highest BCUT2D eigenvalue weighted by Crippen LogP contribution is 2.32. The van der Waals surface area contributed by atoms with Gasteiger partial charge in [-0.05, 0) is 26.0 Å². The second-order valence-corrected chi connectivity index (χ2v) is 6.97. The smallest absolute Gasteiger partial charge is 0.414 e. The zero-order chi connectivity index (χ0) is 19.4. The highest BCUT2D eigenvalue weighted by atomic mass is 32.2. The van der Waals surface area contributed by atoms with Crippen LogP contribution in [0, 0.1) is 0 Å². The van der Waals surface area contributed by atoms with Gasteiger partial charge in [0.05, 0.1) is 15.9 Å². The Balaban J connectivity index is 1.77. The summed E-state index contributed by atoms with van der Waals surface area (Å²) in [6.45, 7) is 4.96. The van der Waals surface area contributed by atoms with E-state index in [4.69, 9.17) is 9.15 Å². The molecule has 8 nitrogen and oxygen atoms in total. The Kier molecular flexibility index (Phi) is 5.60. The van der Waals surface area contributed by atoms with E-state index >= 15 is 0 Å². The zero-order valence-electron chi connectivity index (χ0n) is 15.0. The predicted octanol–water partition coefficient (Wildman–Crippen LogP) is 4.17. The van der Waals surface area contributed by atoms with E-state index in [2.05, 4.69) is 15.3 Å². The van der Waals surface area contributed by atoms with Crippen molar-refractivity contribution in [1.82, 2.24) is 14.5 Å². The summed E-state index contributed by atoms with van der Waals surface area (Å²) in [6, 6.07) is 5.34. The number of ketones is 1. The molecule has 140 valence electrons. The predicted molar refractivity (Wildman–Crippen MR) is 99.4 cm³/mol. The number of carbonyl (C=O) groups excluding carboxylic acids is 2. The fourth-order valence-corrected chi connectivity index (χ4v) is 3.10. The third-order valence-corrected chi connectivity index (χ3v) is 4.25. The van der Waals surface area contributed by atoms with Crippen molar-refractivity contribution in [3.8, 4) is 5.95 Å². The molecule has 0 aliphatic carbocycles. The molecule has 3 aromatic heterocycles. The first-order valence-electron chi connectivity index (χ1n) is 8.17. The van der Waals surface area contributed by atoms with E-state index in [-0.39, 0.29) is 17.8 Å². The molecule has 0 aromatic carbocycles. The lowest BCUT2D eigenvalue weighted by Gasteiger charge is -2.07. The van der Waals surface area contributed by atoms with Crippen LogP contribution in [0.5, 0.6) is 0 Å². The Morgan fingerprint density at radius 1 is 1.30 bits per heavy atom. The Morgan fingerprint density at radius 2 is 2.04 bits per heavy atom. The molecule has 0 fully saturated rings. The lowest BCUT2D eigenvalue weighted by molar-refractivity contribution is 0.100. The molecule has 0 spiro atoms. The summed E-state index contributed by atoms with van der Waals surface area (Å²) >= 11 is 1.27. The molecule has 0 unspecified atom stereocenters. The monoisotopic (exact) mass is 386 g/mol. The number of anilines is 1. The fraction of sp³-hybridized carbons (Fsp3) is 0.222. The Morgan fingerprint density at radius 3 is 2.70 bits per heavy atom. The summed E-state index contributed by atoms with van der Waals surface area (Å²) in [6.07, 6.45) is 5.84. The van der Waals surface area contributed by atoms with Crippen LogP contribution < -0.4 is 5.32 Å². The van der Waals surface area contributed by atoms with Crippen LogP contribution in [0.3, 0.4) is 0 Å². The van der Waals surface area contributed by atoms with Gasteiger partial charge in [-0.3, -0.25) is 14.7 Å². The topological polar surface area (TPSA) is 99.3 Å². The molecule has 3 rings (SSSR count). The van der Waals surface area contributed by atoms with Gasteiger partial charge in [-0.1, -0.05) is 11.8 Å². The number of hydrogen-bond donors (Lipinski definition) is 1. The average Bonchev–Trinajstić information content (AvgIpc) is 3.26. The van der Waals surface area contributed by atoms with Crippen molar-refractivity contribution in [3.05, 3.63) is 48.7 Å². The number of amides is 1. The van der Waals surface area contributed by atoms with Crippen molar-refractivity contribution in [3.63, 3.8) is 0 Å². The Labute approximate surface area is 159 Å². The molecule has 1 amide bonds. The normalized spacial score (nSPS) is 10.8. The largest absolute Gasteiger partial charge is 0.447 e. The van der Waals surface area contributed by atoms with Crippen molar-refractivity contribution >= 4 is 29.5 Å².